The molecule has 1 aliphatic rings. The van der Waals surface area contributed by atoms with Gasteiger partial charge in [0, 0.05) is 6.42 Å². The van der Waals surface area contributed by atoms with Gasteiger partial charge in [0.1, 0.15) is 12.4 Å². The summed E-state index contributed by atoms with van der Waals surface area (Å²) in [6.07, 6.45) is 7.81. The molecule has 1 aromatic rings. The Morgan fingerprint density at radius 3 is 2.81 bits per heavy atom. The molecule has 1 aliphatic heterocycles. The van der Waals surface area contributed by atoms with Gasteiger partial charge in [-0.25, -0.2) is 5.43 Å². The number of carbonyl (C=O) groups is 1. The standard InChI is InChI=1S/C17H20N2O2/c1-4-9-21-15-7-5-14(6-8-15)10-12(2)17-13(3)11-16(20)18-19-17/h1,5-8,10,13,17,19H,9,11H2,2-3H3,(H,18,20)/b12-10+. The van der Waals surface area contributed by atoms with E-state index in [-0.39, 0.29) is 24.5 Å². The van der Waals surface area contributed by atoms with Gasteiger partial charge in [0.05, 0.1) is 6.04 Å². The molecule has 0 aromatic heterocycles. The average Bonchev–Trinajstić information content (AvgIpc) is 2.46. The zero-order chi connectivity index (χ0) is 15.2. The Kier molecular flexibility index (Phi) is 5.02. The maximum Gasteiger partial charge on any atom is 0.234 e. The molecule has 21 heavy (non-hydrogen) atoms. The summed E-state index contributed by atoms with van der Waals surface area (Å²) in [6.45, 7) is 4.41. The SMILES string of the molecule is C#CCOc1ccc(/C=C(\C)C2NNC(=O)CC2C)cc1. The van der Waals surface area contributed by atoms with Crippen LogP contribution >= 0.6 is 0 Å². The Morgan fingerprint density at radius 1 is 1.48 bits per heavy atom. The van der Waals surface area contributed by atoms with Gasteiger partial charge in [-0.05, 0) is 30.5 Å². The van der Waals surface area contributed by atoms with E-state index < -0.39 is 0 Å². The molecule has 2 atom stereocenters. The molecular formula is C17H20N2O2. The maximum atomic E-state index is 11.3. The van der Waals surface area contributed by atoms with Crippen molar-refractivity contribution in [2.24, 2.45) is 5.92 Å². The van der Waals surface area contributed by atoms with Gasteiger partial charge < -0.3 is 4.74 Å². The topological polar surface area (TPSA) is 50.4 Å². The van der Waals surface area contributed by atoms with Crippen LogP contribution in [0.15, 0.2) is 29.8 Å². The van der Waals surface area contributed by atoms with Gasteiger partial charge in [-0.1, -0.05) is 36.6 Å². The quantitative estimate of drug-likeness (QED) is 0.833. The Hall–Kier alpha value is -2.25. The first-order valence-corrected chi connectivity index (χ1v) is 6.99. The number of ether oxygens (including phenoxy) is 1. The molecule has 110 valence electrons. The number of rotatable bonds is 4. The Morgan fingerprint density at radius 2 is 2.19 bits per heavy atom. The van der Waals surface area contributed by atoms with Crippen molar-refractivity contribution in [3.8, 4) is 18.1 Å². The van der Waals surface area contributed by atoms with Gasteiger partial charge in [-0.3, -0.25) is 10.2 Å². The summed E-state index contributed by atoms with van der Waals surface area (Å²) in [6, 6.07) is 7.93. The van der Waals surface area contributed by atoms with E-state index in [1.54, 1.807) is 0 Å². The molecule has 0 aliphatic carbocycles. The molecule has 1 saturated heterocycles. The molecule has 1 amide bonds. The van der Waals surface area contributed by atoms with Gasteiger partial charge in [0.15, 0.2) is 0 Å². The van der Waals surface area contributed by atoms with E-state index in [1.807, 2.05) is 24.3 Å². The van der Waals surface area contributed by atoms with Crippen molar-refractivity contribution in [2.75, 3.05) is 6.61 Å². The van der Waals surface area contributed by atoms with Crippen LogP contribution in [0.1, 0.15) is 25.8 Å². The molecular weight excluding hydrogens is 264 g/mol. The maximum absolute atomic E-state index is 11.3. The fourth-order valence-corrected chi connectivity index (χ4v) is 2.46. The number of amides is 1. The molecule has 1 heterocycles. The van der Waals surface area contributed by atoms with Crippen LogP contribution < -0.4 is 15.6 Å². The minimum Gasteiger partial charge on any atom is -0.481 e. The molecule has 2 N–H and O–H groups in total. The van der Waals surface area contributed by atoms with Gasteiger partial charge in [0.25, 0.3) is 0 Å². The molecule has 0 spiro atoms. The zero-order valence-corrected chi connectivity index (χ0v) is 12.3. The van der Waals surface area contributed by atoms with Gasteiger partial charge in [-0.2, -0.15) is 0 Å². The van der Waals surface area contributed by atoms with Gasteiger partial charge in [-0.15, -0.1) is 6.42 Å². The van der Waals surface area contributed by atoms with Crippen LogP contribution in [-0.2, 0) is 4.79 Å². The fourth-order valence-electron chi connectivity index (χ4n) is 2.46. The lowest BCUT2D eigenvalue weighted by molar-refractivity contribution is -0.125. The zero-order valence-electron chi connectivity index (χ0n) is 12.3. The summed E-state index contributed by atoms with van der Waals surface area (Å²) in [7, 11) is 0. The van der Waals surface area contributed by atoms with E-state index in [4.69, 9.17) is 11.2 Å². The number of hydrogen-bond donors (Lipinski definition) is 2. The van der Waals surface area contributed by atoms with Crippen molar-refractivity contribution in [2.45, 2.75) is 26.3 Å². The van der Waals surface area contributed by atoms with Gasteiger partial charge in [0.2, 0.25) is 5.91 Å². The predicted molar refractivity (Wildman–Crippen MR) is 83.3 cm³/mol. The Labute approximate surface area is 125 Å². The minimum atomic E-state index is 0.0431. The molecule has 2 rings (SSSR count). The summed E-state index contributed by atoms with van der Waals surface area (Å²) in [5.74, 6) is 3.52. The number of hydrogen-bond acceptors (Lipinski definition) is 3. The minimum absolute atomic E-state index is 0.0431. The molecule has 1 aromatic carbocycles. The summed E-state index contributed by atoms with van der Waals surface area (Å²) in [5.41, 5.74) is 8.03. The lowest BCUT2D eigenvalue weighted by Gasteiger charge is -2.30. The van der Waals surface area contributed by atoms with Crippen molar-refractivity contribution in [1.29, 1.82) is 0 Å². The van der Waals surface area contributed by atoms with Crippen molar-refractivity contribution in [1.82, 2.24) is 10.9 Å². The van der Waals surface area contributed by atoms with E-state index in [9.17, 15) is 4.79 Å². The average molecular weight is 284 g/mol. The molecule has 4 nitrogen and oxygen atoms in total. The van der Waals surface area contributed by atoms with Crippen LogP contribution in [0.3, 0.4) is 0 Å². The van der Waals surface area contributed by atoms with Crippen molar-refractivity contribution in [3.63, 3.8) is 0 Å². The molecule has 4 heteroatoms. The lowest BCUT2D eigenvalue weighted by atomic mass is 9.90. The van der Waals surface area contributed by atoms with Crippen LogP contribution in [-0.4, -0.2) is 18.6 Å². The van der Waals surface area contributed by atoms with E-state index in [2.05, 4.69) is 36.7 Å². The summed E-state index contributed by atoms with van der Waals surface area (Å²) < 4.78 is 5.34. The van der Waals surface area contributed by atoms with Crippen LogP contribution in [0.5, 0.6) is 5.75 Å². The predicted octanol–water partition coefficient (Wildman–Crippen LogP) is 2.13. The second-order valence-corrected chi connectivity index (χ2v) is 5.30. The first kappa shape index (κ1) is 15.1. The van der Waals surface area contributed by atoms with E-state index in [1.165, 1.54) is 5.57 Å². The normalized spacial score (nSPS) is 22.3. The van der Waals surface area contributed by atoms with Crippen molar-refractivity contribution >= 4 is 12.0 Å². The number of benzene rings is 1. The van der Waals surface area contributed by atoms with E-state index in [0.29, 0.717) is 6.42 Å². The second-order valence-electron chi connectivity index (χ2n) is 5.30. The first-order chi connectivity index (χ1) is 10.1. The number of nitrogens with one attached hydrogen (secondary N) is 2. The molecule has 2 unspecified atom stereocenters. The number of terminal acetylenes is 1. The number of hydrazine groups is 1. The highest BCUT2D eigenvalue weighted by Crippen LogP contribution is 2.21. The molecule has 0 radical (unpaired) electrons. The highest BCUT2D eigenvalue weighted by atomic mass is 16.5. The van der Waals surface area contributed by atoms with E-state index in [0.717, 1.165) is 11.3 Å². The van der Waals surface area contributed by atoms with Crippen LogP contribution in [0.2, 0.25) is 0 Å². The highest BCUT2D eigenvalue weighted by molar-refractivity contribution is 5.76. The van der Waals surface area contributed by atoms with Crippen molar-refractivity contribution in [3.05, 3.63) is 35.4 Å². The summed E-state index contributed by atoms with van der Waals surface area (Å²) in [5, 5.41) is 0. The Bertz CT molecular complexity index is 569. The largest absolute Gasteiger partial charge is 0.481 e. The van der Waals surface area contributed by atoms with Crippen LogP contribution in [0, 0.1) is 18.3 Å². The molecule has 0 bridgehead atoms. The first-order valence-electron chi connectivity index (χ1n) is 6.99. The monoisotopic (exact) mass is 284 g/mol. The smallest absolute Gasteiger partial charge is 0.234 e. The highest BCUT2D eigenvalue weighted by Gasteiger charge is 2.26. The molecule has 1 fully saturated rings. The van der Waals surface area contributed by atoms with Crippen LogP contribution in [0.4, 0.5) is 0 Å². The Balaban J connectivity index is 2.04. The summed E-state index contributed by atoms with van der Waals surface area (Å²) >= 11 is 0. The van der Waals surface area contributed by atoms with Gasteiger partial charge >= 0.3 is 0 Å². The third kappa shape index (κ3) is 4.11. The van der Waals surface area contributed by atoms with Crippen LogP contribution in [0.25, 0.3) is 6.08 Å². The number of carbonyl (C=O) groups excluding carboxylic acids is 1. The fraction of sp³-hybridized carbons (Fsp3) is 0.353. The second kappa shape index (κ2) is 6.96. The molecule has 0 saturated carbocycles. The van der Waals surface area contributed by atoms with Crippen molar-refractivity contribution < 1.29 is 9.53 Å². The lowest BCUT2D eigenvalue weighted by Crippen LogP contribution is -2.53. The third-order valence-electron chi connectivity index (χ3n) is 3.53. The third-order valence-corrected chi connectivity index (χ3v) is 3.53. The van der Waals surface area contributed by atoms with E-state index >= 15 is 0 Å². The summed E-state index contributed by atoms with van der Waals surface area (Å²) in [4.78, 5) is 11.3.